The lowest BCUT2D eigenvalue weighted by Gasteiger charge is -2.40. The van der Waals surface area contributed by atoms with Gasteiger partial charge < -0.3 is 15.2 Å². The van der Waals surface area contributed by atoms with Crippen molar-refractivity contribution < 1.29 is 9.47 Å². The van der Waals surface area contributed by atoms with E-state index in [9.17, 15) is 0 Å². The van der Waals surface area contributed by atoms with E-state index in [-0.39, 0.29) is 0 Å². The fourth-order valence-corrected chi connectivity index (χ4v) is 3.40. The highest BCUT2D eigenvalue weighted by Gasteiger charge is 2.27. The molecule has 1 aromatic carbocycles. The average molecular weight is 290 g/mol. The molecule has 0 aliphatic carbocycles. The lowest BCUT2D eigenvalue weighted by Crippen LogP contribution is -2.48. The number of hydrogen-bond donors (Lipinski definition) is 1. The summed E-state index contributed by atoms with van der Waals surface area (Å²) in [5, 5.41) is 0. The molecule has 0 radical (unpaired) electrons. The lowest BCUT2D eigenvalue weighted by atomic mass is 9.95. The van der Waals surface area contributed by atoms with Gasteiger partial charge in [0.1, 0.15) is 0 Å². The SMILES string of the molecule is CC1CCCC(CN)N1Cc1ccc2c(c1)OCCCO2. The van der Waals surface area contributed by atoms with Crippen LogP contribution < -0.4 is 15.2 Å². The maximum atomic E-state index is 5.95. The lowest BCUT2D eigenvalue weighted by molar-refractivity contribution is 0.0891. The smallest absolute Gasteiger partial charge is 0.161 e. The molecule has 4 nitrogen and oxygen atoms in total. The van der Waals surface area contributed by atoms with E-state index >= 15 is 0 Å². The highest BCUT2D eigenvalue weighted by atomic mass is 16.5. The summed E-state index contributed by atoms with van der Waals surface area (Å²) >= 11 is 0. The van der Waals surface area contributed by atoms with Crippen molar-refractivity contribution in [1.82, 2.24) is 4.90 Å². The molecule has 2 N–H and O–H groups in total. The first-order valence-corrected chi connectivity index (χ1v) is 8.12. The summed E-state index contributed by atoms with van der Waals surface area (Å²) in [4.78, 5) is 2.54. The number of rotatable bonds is 3. The number of nitrogens with two attached hydrogens (primary N) is 1. The second-order valence-electron chi connectivity index (χ2n) is 6.17. The summed E-state index contributed by atoms with van der Waals surface area (Å²) in [7, 11) is 0. The van der Waals surface area contributed by atoms with E-state index in [1.165, 1.54) is 24.8 Å². The van der Waals surface area contributed by atoms with Crippen LogP contribution in [-0.4, -0.2) is 36.7 Å². The first kappa shape index (κ1) is 14.7. The molecule has 0 saturated carbocycles. The van der Waals surface area contributed by atoms with Gasteiger partial charge in [-0.1, -0.05) is 12.5 Å². The Bertz CT molecular complexity index is 478. The van der Waals surface area contributed by atoms with Gasteiger partial charge in [-0.05, 0) is 37.5 Å². The molecule has 1 fully saturated rings. The van der Waals surface area contributed by atoms with Gasteiger partial charge in [-0.15, -0.1) is 0 Å². The predicted octanol–water partition coefficient (Wildman–Crippen LogP) is 2.55. The summed E-state index contributed by atoms with van der Waals surface area (Å²) < 4.78 is 11.5. The number of fused-ring (bicyclic) bond motifs is 1. The molecule has 4 heteroatoms. The van der Waals surface area contributed by atoms with Crippen LogP contribution in [0.15, 0.2) is 18.2 Å². The van der Waals surface area contributed by atoms with Crippen LogP contribution >= 0.6 is 0 Å². The Morgan fingerprint density at radius 1 is 1.14 bits per heavy atom. The minimum Gasteiger partial charge on any atom is -0.490 e. The Morgan fingerprint density at radius 3 is 2.76 bits per heavy atom. The molecule has 0 bridgehead atoms. The monoisotopic (exact) mass is 290 g/mol. The zero-order valence-electron chi connectivity index (χ0n) is 12.9. The largest absolute Gasteiger partial charge is 0.490 e. The molecule has 1 saturated heterocycles. The molecule has 3 rings (SSSR count). The maximum absolute atomic E-state index is 5.95. The van der Waals surface area contributed by atoms with Crippen molar-refractivity contribution in [3.63, 3.8) is 0 Å². The number of ether oxygens (including phenoxy) is 2. The molecule has 2 heterocycles. The Balaban J connectivity index is 1.76. The summed E-state index contributed by atoms with van der Waals surface area (Å²) in [6.45, 7) is 5.48. The van der Waals surface area contributed by atoms with Crippen LogP contribution in [0.3, 0.4) is 0 Å². The van der Waals surface area contributed by atoms with Crippen LogP contribution in [0.1, 0.15) is 38.2 Å². The van der Waals surface area contributed by atoms with Gasteiger partial charge in [0.2, 0.25) is 0 Å². The van der Waals surface area contributed by atoms with E-state index in [1.807, 2.05) is 6.07 Å². The first-order valence-electron chi connectivity index (χ1n) is 8.12. The predicted molar refractivity (Wildman–Crippen MR) is 83.7 cm³/mol. The summed E-state index contributed by atoms with van der Waals surface area (Å²) in [6, 6.07) is 7.44. The molecular weight excluding hydrogens is 264 g/mol. The fourth-order valence-electron chi connectivity index (χ4n) is 3.40. The number of benzene rings is 1. The van der Waals surface area contributed by atoms with Crippen molar-refractivity contribution >= 4 is 0 Å². The van der Waals surface area contributed by atoms with Crippen molar-refractivity contribution in [2.75, 3.05) is 19.8 Å². The Hall–Kier alpha value is -1.26. The van der Waals surface area contributed by atoms with Gasteiger partial charge in [0, 0.05) is 31.6 Å². The van der Waals surface area contributed by atoms with Gasteiger partial charge in [-0.2, -0.15) is 0 Å². The number of likely N-dealkylation sites (tertiary alicyclic amines) is 1. The zero-order chi connectivity index (χ0) is 14.7. The summed E-state index contributed by atoms with van der Waals surface area (Å²) in [5.74, 6) is 1.76. The molecule has 0 amide bonds. The zero-order valence-corrected chi connectivity index (χ0v) is 12.9. The van der Waals surface area contributed by atoms with E-state index in [1.54, 1.807) is 0 Å². The van der Waals surface area contributed by atoms with Gasteiger partial charge in [0.05, 0.1) is 13.2 Å². The van der Waals surface area contributed by atoms with Crippen LogP contribution in [0.5, 0.6) is 11.5 Å². The molecule has 1 aromatic rings. The molecule has 2 aliphatic heterocycles. The normalized spacial score (nSPS) is 26.4. The van der Waals surface area contributed by atoms with Crippen LogP contribution in [0.25, 0.3) is 0 Å². The topological polar surface area (TPSA) is 47.7 Å². The van der Waals surface area contributed by atoms with Crippen molar-refractivity contribution in [3.8, 4) is 11.5 Å². The van der Waals surface area contributed by atoms with Crippen LogP contribution in [-0.2, 0) is 6.54 Å². The first-order chi connectivity index (χ1) is 10.3. The third-order valence-electron chi connectivity index (χ3n) is 4.64. The van der Waals surface area contributed by atoms with Gasteiger partial charge in [0.25, 0.3) is 0 Å². The average Bonchev–Trinajstić information content (AvgIpc) is 2.74. The molecule has 0 aromatic heterocycles. The van der Waals surface area contributed by atoms with Gasteiger partial charge in [0.15, 0.2) is 11.5 Å². The van der Waals surface area contributed by atoms with Crippen LogP contribution in [0, 0.1) is 0 Å². The molecule has 2 atom stereocenters. The molecule has 0 spiro atoms. The molecule has 21 heavy (non-hydrogen) atoms. The maximum Gasteiger partial charge on any atom is 0.161 e. The van der Waals surface area contributed by atoms with Gasteiger partial charge in [-0.3, -0.25) is 4.90 Å². The molecule has 2 aliphatic rings. The third-order valence-corrected chi connectivity index (χ3v) is 4.64. The van der Waals surface area contributed by atoms with Crippen LogP contribution in [0.4, 0.5) is 0 Å². The van der Waals surface area contributed by atoms with E-state index in [2.05, 4.69) is 24.0 Å². The highest BCUT2D eigenvalue weighted by Crippen LogP contribution is 2.32. The molecular formula is C17H26N2O2. The highest BCUT2D eigenvalue weighted by molar-refractivity contribution is 5.43. The second-order valence-corrected chi connectivity index (χ2v) is 6.17. The standard InChI is InChI=1S/C17H26N2O2/c1-13-4-2-5-15(11-18)19(13)12-14-6-7-16-17(10-14)21-9-3-8-20-16/h6-7,10,13,15H,2-5,8-9,11-12,18H2,1H3. The van der Waals surface area contributed by atoms with E-state index in [0.717, 1.165) is 44.2 Å². The van der Waals surface area contributed by atoms with E-state index in [4.69, 9.17) is 15.2 Å². The van der Waals surface area contributed by atoms with Crippen molar-refractivity contribution in [2.45, 2.75) is 51.2 Å². The fraction of sp³-hybridized carbons (Fsp3) is 0.647. The van der Waals surface area contributed by atoms with Gasteiger partial charge >= 0.3 is 0 Å². The number of nitrogens with zero attached hydrogens (tertiary/aromatic N) is 1. The van der Waals surface area contributed by atoms with Gasteiger partial charge in [-0.25, -0.2) is 0 Å². The number of piperidine rings is 1. The van der Waals surface area contributed by atoms with E-state index in [0.29, 0.717) is 12.1 Å². The summed E-state index contributed by atoms with van der Waals surface area (Å²) in [6.07, 6.45) is 4.72. The minimum absolute atomic E-state index is 0.504. The van der Waals surface area contributed by atoms with Crippen LogP contribution in [0.2, 0.25) is 0 Å². The second kappa shape index (κ2) is 6.67. The molecule has 116 valence electrons. The van der Waals surface area contributed by atoms with E-state index < -0.39 is 0 Å². The van der Waals surface area contributed by atoms with Crippen molar-refractivity contribution in [2.24, 2.45) is 5.73 Å². The third kappa shape index (κ3) is 3.33. The van der Waals surface area contributed by atoms with Crippen molar-refractivity contribution in [3.05, 3.63) is 23.8 Å². The molecule has 2 unspecified atom stereocenters. The number of hydrogen-bond acceptors (Lipinski definition) is 4. The summed E-state index contributed by atoms with van der Waals surface area (Å²) in [5.41, 5.74) is 7.24. The Labute approximate surface area is 127 Å². The van der Waals surface area contributed by atoms with Crippen molar-refractivity contribution in [1.29, 1.82) is 0 Å². The quantitative estimate of drug-likeness (QED) is 0.929. The Morgan fingerprint density at radius 2 is 1.95 bits per heavy atom. The minimum atomic E-state index is 0.504. The Kier molecular flexibility index (Phi) is 4.66.